The predicted molar refractivity (Wildman–Crippen MR) is 52.0 cm³/mol. The molecule has 1 aromatic rings. The Hall–Kier alpha value is 0.460. The maximum absolute atomic E-state index is 5.73. The van der Waals surface area contributed by atoms with Crippen LogP contribution in [0.4, 0.5) is 0 Å². The average Bonchev–Trinajstić information content (AvgIpc) is 1.88. The Morgan fingerprint density at radius 1 is 1.40 bits per heavy atom. The molecule has 0 saturated heterocycles. The Morgan fingerprint density at radius 3 is 2.60 bits per heavy atom. The van der Waals surface area contributed by atoms with Crippen molar-refractivity contribution >= 4 is 45.8 Å². The Kier molecular flexibility index (Phi) is 3.20. The van der Waals surface area contributed by atoms with E-state index < -0.39 is 0 Å². The van der Waals surface area contributed by atoms with E-state index in [1.165, 1.54) is 0 Å². The van der Waals surface area contributed by atoms with Crippen molar-refractivity contribution in [2.24, 2.45) is 0 Å². The lowest BCUT2D eigenvalue weighted by Gasteiger charge is -1.97. The summed E-state index contributed by atoms with van der Waals surface area (Å²) in [6.45, 7) is 0. The Bertz CT molecular complexity index is 239. The molecule has 1 rings (SSSR count). The molecule has 0 radical (unpaired) electrons. The van der Waals surface area contributed by atoms with Crippen molar-refractivity contribution in [1.29, 1.82) is 0 Å². The van der Waals surface area contributed by atoms with Gasteiger partial charge >= 0.3 is 0 Å². The Balaban J connectivity index is 3.07. The number of rotatable bonds is 1. The van der Waals surface area contributed by atoms with Gasteiger partial charge in [0, 0.05) is 4.43 Å². The minimum Gasteiger partial charge on any atom is -0.224 e. The number of hydrogen-bond acceptors (Lipinski definition) is 1. The van der Waals surface area contributed by atoms with Gasteiger partial charge < -0.3 is 0 Å². The smallest absolute Gasteiger partial charge is 0.134 e. The fraction of sp³-hybridized carbons (Fsp3) is 0.167. The van der Waals surface area contributed by atoms with E-state index in [4.69, 9.17) is 23.2 Å². The summed E-state index contributed by atoms with van der Waals surface area (Å²) in [6.07, 6.45) is 0. The van der Waals surface area contributed by atoms with Crippen molar-refractivity contribution in [2.45, 2.75) is 4.43 Å². The first-order valence-corrected chi connectivity index (χ1v) is 4.89. The summed E-state index contributed by atoms with van der Waals surface area (Å²) in [4.78, 5) is 3.87. The minimum atomic E-state index is 0.443. The molecular formula is C6H4Cl2IN. The predicted octanol–water partition coefficient (Wildman–Crippen LogP) is 3.32. The molecule has 0 saturated carbocycles. The molecule has 0 aliphatic carbocycles. The fourth-order valence-corrected chi connectivity index (χ4v) is 1.79. The van der Waals surface area contributed by atoms with Gasteiger partial charge in [-0.3, -0.25) is 0 Å². The SMILES string of the molecule is Clc1ccc(CI)c(Cl)n1. The van der Waals surface area contributed by atoms with Crippen molar-refractivity contribution in [2.75, 3.05) is 0 Å². The zero-order chi connectivity index (χ0) is 7.56. The van der Waals surface area contributed by atoms with E-state index in [1.807, 2.05) is 6.07 Å². The maximum Gasteiger partial charge on any atom is 0.134 e. The molecule has 0 amide bonds. The van der Waals surface area contributed by atoms with Gasteiger partial charge in [-0.1, -0.05) is 51.9 Å². The molecule has 0 spiro atoms. The summed E-state index contributed by atoms with van der Waals surface area (Å²) >= 11 is 13.5. The van der Waals surface area contributed by atoms with E-state index in [1.54, 1.807) is 6.07 Å². The molecule has 4 heteroatoms. The third-order valence-electron chi connectivity index (χ3n) is 1.04. The lowest BCUT2D eigenvalue weighted by atomic mass is 10.3. The van der Waals surface area contributed by atoms with Crippen LogP contribution in [0.5, 0.6) is 0 Å². The Morgan fingerprint density at radius 2 is 2.10 bits per heavy atom. The molecule has 0 atom stereocenters. The normalized spacial score (nSPS) is 9.90. The number of alkyl halides is 1. The van der Waals surface area contributed by atoms with Crippen molar-refractivity contribution in [1.82, 2.24) is 4.98 Å². The molecule has 1 aromatic heterocycles. The summed E-state index contributed by atoms with van der Waals surface area (Å²) in [5.41, 5.74) is 1.02. The van der Waals surface area contributed by atoms with Gasteiger partial charge in [-0.05, 0) is 11.6 Å². The van der Waals surface area contributed by atoms with Crippen LogP contribution in [-0.4, -0.2) is 4.98 Å². The van der Waals surface area contributed by atoms with Gasteiger partial charge in [-0.15, -0.1) is 0 Å². The van der Waals surface area contributed by atoms with E-state index >= 15 is 0 Å². The van der Waals surface area contributed by atoms with Gasteiger partial charge in [0.2, 0.25) is 0 Å². The van der Waals surface area contributed by atoms with Gasteiger partial charge in [-0.2, -0.15) is 0 Å². The first-order valence-electron chi connectivity index (χ1n) is 2.61. The summed E-state index contributed by atoms with van der Waals surface area (Å²) in [7, 11) is 0. The quantitative estimate of drug-likeness (QED) is 0.439. The molecule has 1 nitrogen and oxygen atoms in total. The van der Waals surface area contributed by atoms with Crippen molar-refractivity contribution in [3.05, 3.63) is 28.0 Å². The third-order valence-corrected chi connectivity index (χ3v) is 2.40. The lowest BCUT2D eigenvalue weighted by Crippen LogP contribution is -1.83. The number of aromatic nitrogens is 1. The van der Waals surface area contributed by atoms with Gasteiger partial charge in [0.1, 0.15) is 10.3 Å². The molecule has 0 aliphatic heterocycles. The van der Waals surface area contributed by atoms with Crippen molar-refractivity contribution < 1.29 is 0 Å². The minimum absolute atomic E-state index is 0.443. The highest BCUT2D eigenvalue weighted by atomic mass is 127. The first kappa shape index (κ1) is 8.56. The number of pyridine rings is 1. The van der Waals surface area contributed by atoms with E-state index in [9.17, 15) is 0 Å². The molecular weight excluding hydrogens is 284 g/mol. The number of halogens is 3. The lowest BCUT2D eigenvalue weighted by molar-refractivity contribution is 1.26. The maximum atomic E-state index is 5.73. The van der Waals surface area contributed by atoms with Crippen LogP contribution in [0.15, 0.2) is 12.1 Å². The van der Waals surface area contributed by atoms with E-state index in [-0.39, 0.29) is 0 Å². The van der Waals surface area contributed by atoms with Crippen LogP contribution in [0.3, 0.4) is 0 Å². The van der Waals surface area contributed by atoms with E-state index in [0.717, 1.165) is 9.99 Å². The van der Waals surface area contributed by atoms with Gasteiger partial charge in [0.05, 0.1) is 0 Å². The van der Waals surface area contributed by atoms with Crippen LogP contribution >= 0.6 is 45.8 Å². The molecule has 0 aliphatic rings. The highest BCUT2D eigenvalue weighted by molar-refractivity contribution is 14.1. The van der Waals surface area contributed by atoms with Gasteiger partial charge in [-0.25, -0.2) is 4.98 Å². The molecule has 10 heavy (non-hydrogen) atoms. The molecule has 0 aromatic carbocycles. The monoisotopic (exact) mass is 287 g/mol. The number of hydrogen-bond donors (Lipinski definition) is 0. The topological polar surface area (TPSA) is 12.9 Å². The molecule has 1 heterocycles. The molecule has 54 valence electrons. The van der Waals surface area contributed by atoms with Crippen LogP contribution in [0, 0.1) is 0 Å². The van der Waals surface area contributed by atoms with Gasteiger partial charge in [0.25, 0.3) is 0 Å². The zero-order valence-electron chi connectivity index (χ0n) is 4.94. The average molecular weight is 288 g/mol. The molecule has 0 bridgehead atoms. The second-order valence-corrected chi connectivity index (χ2v) is 3.23. The molecule has 0 N–H and O–H groups in total. The highest BCUT2D eigenvalue weighted by Crippen LogP contribution is 2.18. The number of nitrogens with zero attached hydrogens (tertiary/aromatic N) is 1. The standard InChI is InChI=1S/C6H4Cl2IN/c7-5-2-1-4(3-9)6(8)10-5/h1-2H,3H2. The van der Waals surface area contributed by atoms with Crippen LogP contribution in [0.2, 0.25) is 10.3 Å². The van der Waals surface area contributed by atoms with E-state index in [0.29, 0.717) is 10.3 Å². The molecule has 0 fully saturated rings. The molecule has 0 unspecified atom stereocenters. The fourth-order valence-electron chi connectivity index (χ4n) is 0.541. The van der Waals surface area contributed by atoms with Crippen molar-refractivity contribution in [3.63, 3.8) is 0 Å². The highest BCUT2D eigenvalue weighted by Gasteiger charge is 1.99. The second kappa shape index (κ2) is 3.74. The second-order valence-electron chi connectivity index (χ2n) is 1.72. The van der Waals surface area contributed by atoms with Crippen LogP contribution < -0.4 is 0 Å². The first-order chi connectivity index (χ1) is 4.74. The van der Waals surface area contributed by atoms with Gasteiger partial charge in [0.15, 0.2) is 0 Å². The Labute approximate surface area is 82.9 Å². The third kappa shape index (κ3) is 1.97. The summed E-state index contributed by atoms with van der Waals surface area (Å²) in [5, 5.41) is 0.945. The van der Waals surface area contributed by atoms with Crippen molar-refractivity contribution in [3.8, 4) is 0 Å². The van der Waals surface area contributed by atoms with E-state index in [2.05, 4.69) is 27.6 Å². The summed E-state index contributed by atoms with van der Waals surface area (Å²) in [6, 6.07) is 3.62. The largest absolute Gasteiger partial charge is 0.224 e. The summed E-state index contributed by atoms with van der Waals surface area (Å²) in [5.74, 6) is 0. The van der Waals surface area contributed by atoms with Crippen LogP contribution in [-0.2, 0) is 4.43 Å². The van der Waals surface area contributed by atoms with Crippen LogP contribution in [0.25, 0.3) is 0 Å². The zero-order valence-corrected chi connectivity index (χ0v) is 8.61. The van der Waals surface area contributed by atoms with Crippen LogP contribution in [0.1, 0.15) is 5.56 Å². The summed E-state index contributed by atoms with van der Waals surface area (Å²) < 4.78 is 0.862.